The van der Waals surface area contributed by atoms with E-state index in [1.54, 1.807) is 22.8 Å². The van der Waals surface area contributed by atoms with Gasteiger partial charge in [0.25, 0.3) is 5.91 Å². The van der Waals surface area contributed by atoms with Gasteiger partial charge in [0.1, 0.15) is 0 Å². The second-order valence-corrected chi connectivity index (χ2v) is 7.45. The zero-order valence-corrected chi connectivity index (χ0v) is 16.3. The molecule has 2 aromatic heterocycles. The highest BCUT2D eigenvalue weighted by molar-refractivity contribution is 5.91. The topological polar surface area (TPSA) is 79.7 Å². The number of amides is 1. The number of nitrogens with zero attached hydrogens (tertiary/aromatic N) is 5. The zero-order valence-electron chi connectivity index (χ0n) is 16.3. The first kappa shape index (κ1) is 18.4. The van der Waals surface area contributed by atoms with Crippen LogP contribution in [-0.2, 0) is 32.4 Å². The summed E-state index contributed by atoms with van der Waals surface area (Å²) in [6, 6.07) is 10.4. The van der Waals surface area contributed by atoms with Gasteiger partial charge in [-0.15, -0.1) is 5.10 Å². The van der Waals surface area contributed by atoms with E-state index >= 15 is 0 Å². The summed E-state index contributed by atoms with van der Waals surface area (Å²) in [4.78, 5) is 14.4. The largest absolute Gasteiger partial charge is 0.334 e. The van der Waals surface area contributed by atoms with Crippen LogP contribution in [0.15, 0.2) is 36.5 Å². The monoisotopic (exact) mass is 378 g/mol. The molecule has 0 saturated carbocycles. The van der Waals surface area contributed by atoms with Gasteiger partial charge in [0.15, 0.2) is 5.69 Å². The first-order chi connectivity index (χ1) is 13.7. The minimum absolute atomic E-state index is 0.123. The van der Waals surface area contributed by atoms with Gasteiger partial charge in [-0.3, -0.25) is 14.6 Å². The highest BCUT2D eigenvalue weighted by Gasteiger charge is 2.21. The van der Waals surface area contributed by atoms with Crippen molar-refractivity contribution >= 4 is 5.91 Å². The number of rotatable bonds is 7. The number of hydrogen-bond acceptors (Lipinski definition) is 4. The van der Waals surface area contributed by atoms with Crippen molar-refractivity contribution in [2.75, 3.05) is 7.05 Å². The Kier molecular flexibility index (Phi) is 5.50. The van der Waals surface area contributed by atoms with E-state index in [-0.39, 0.29) is 5.91 Å². The Bertz CT molecular complexity index is 930. The van der Waals surface area contributed by atoms with Crippen LogP contribution >= 0.6 is 0 Å². The Morgan fingerprint density at radius 1 is 1.21 bits per heavy atom. The molecule has 4 rings (SSSR count). The van der Waals surface area contributed by atoms with Crippen LogP contribution in [0.4, 0.5) is 0 Å². The first-order valence-corrected chi connectivity index (χ1v) is 9.95. The normalized spacial score (nSPS) is 13.3. The summed E-state index contributed by atoms with van der Waals surface area (Å²) in [6.45, 7) is 1.23. The fraction of sp³-hybridized carbons (Fsp3) is 0.429. The Morgan fingerprint density at radius 2 is 2.04 bits per heavy atom. The number of nitrogens with one attached hydrogen (secondary N) is 1. The maximum absolute atomic E-state index is 12.7. The SMILES string of the molecule is CN(Cc1n[nH]c2c1CCCC2)C(=O)c1cn(CCCc2ccccc2)nn1. The van der Waals surface area contributed by atoms with Gasteiger partial charge in [0.05, 0.1) is 18.4 Å². The third-order valence-corrected chi connectivity index (χ3v) is 5.33. The van der Waals surface area contributed by atoms with Crippen LogP contribution < -0.4 is 0 Å². The number of fused-ring (bicyclic) bond motifs is 1. The molecule has 0 radical (unpaired) electrons. The highest BCUT2D eigenvalue weighted by atomic mass is 16.2. The fourth-order valence-corrected chi connectivity index (χ4v) is 3.77. The summed E-state index contributed by atoms with van der Waals surface area (Å²) < 4.78 is 1.75. The van der Waals surface area contributed by atoms with Crippen molar-refractivity contribution in [2.45, 2.75) is 51.6 Å². The van der Waals surface area contributed by atoms with Crippen LogP contribution in [0.25, 0.3) is 0 Å². The number of hydrogen-bond donors (Lipinski definition) is 1. The lowest BCUT2D eigenvalue weighted by atomic mass is 9.96. The van der Waals surface area contributed by atoms with E-state index in [0.29, 0.717) is 12.2 Å². The number of aromatic amines is 1. The third kappa shape index (κ3) is 4.13. The number of benzene rings is 1. The number of aryl methyl sites for hydroxylation is 3. The molecule has 2 heterocycles. The van der Waals surface area contributed by atoms with Gasteiger partial charge in [-0.05, 0) is 49.7 Å². The molecule has 0 saturated heterocycles. The lowest BCUT2D eigenvalue weighted by Gasteiger charge is -2.16. The van der Waals surface area contributed by atoms with Crippen molar-refractivity contribution in [3.63, 3.8) is 0 Å². The minimum atomic E-state index is -0.123. The van der Waals surface area contributed by atoms with Crippen molar-refractivity contribution in [3.05, 3.63) is 64.7 Å². The molecule has 0 fully saturated rings. The molecule has 1 aliphatic rings. The number of carbonyl (C=O) groups excluding carboxylic acids is 1. The van der Waals surface area contributed by atoms with Gasteiger partial charge < -0.3 is 4.90 Å². The molecule has 7 nitrogen and oxygen atoms in total. The molecule has 7 heteroatoms. The predicted octanol–water partition coefficient (Wildman–Crippen LogP) is 2.79. The summed E-state index contributed by atoms with van der Waals surface area (Å²) in [5, 5.41) is 15.7. The molecule has 1 aromatic carbocycles. The summed E-state index contributed by atoms with van der Waals surface area (Å²) >= 11 is 0. The molecule has 0 spiro atoms. The molecule has 1 aliphatic carbocycles. The third-order valence-electron chi connectivity index (χ3n) is 5.33. The van der Waals surface area contributed by atoms with Gasteiger partial charge in [-0.1, -0.05) is 35.5 Å². The molecule has 0 bridgehead atoms. The standard InChI is InChI=1S/C21H26N6O/c1-26(14-19-17-11-5-6-12-18(17)22-23-19)21(28)20-15-27(25-24-20)13-7-10-16-8-3-2-4-9-16/h2-4,8-9,15H,5-7,10-14H2,1H3,(H,22,23). The van der Waals surface area contributed by atoms with Gasteiger partial charge in [0.2, 0.25) is 0 Å². The smallest absolute Gasteiger partial charge is 0.276 e. The lowest BCUT2D eigenvalue weighted by molar-refractivity contribution is 0.0777. The summed E-state index contributed by atoms with van der Waals surface area (Å²) in [7, 11) is 1.79. The molecule has 28 heavy (non-hydrogen) atoms. The second kappa shape index (κ2) is 8.37. The zero-order chi connectivity index (χ0) is 19.3. The van der Waals surface area contributed by atoms with E-state index in [9.17, 15) is 4.79 Å². The van der Waals surface area contributed by atoms with Crippen LogP contribution in [0.3, 0.4) is 0 Å². The summed E-state index contributed by atoms with van der Waals surface area (Å²) in [5.41, 5.74) is 5.18. The van der Waals surface area contributed by atoms with Crippen LogP contribution in [0.2, 0.25) is 0 Å². The molecular weight excluding hydrogens is 352 g/mol. The van der Waals surface area contributed by atoms with E-state index in [0.717, 1.165) is 37.9 Å². The number of aromatic nitrogens is 5. The fourth-order valence-electron chi connectivity index (χ4n) is 3.77. The molecule has 3 aromatic rings. The first-order valence-electron chi connectivity index (χ1n) is 9.95. The minimum Gasteiger partial charge on any atom is -0.334 e. The maximum atomic E-state index is 12.7. The van der Waals surface area contributed by atoms with Crippen molar-refractivity contribution in [1.82, 2.24) is 30.1 Å². The molecule has 0 aliphatic heterocycles. The average Bonchev–Trinajstić information content (AvgIpc) is 3.36. The number of carbonyl (C=O) groups is 1. The van der Waals surface area contributed by atoms with Gasteiger partial charge in [-0.2, -0.15) is 5.10 Å². The Labute approximate surface area is 164 Å². The lowest BCUT2D eigenvalue weighted by Crippen LogP contribution is -2.27. The van der Waals surface area contributed by atoms with Crippen molar-refractivity contribution < 1.29 is 4.79 Å². The van der Waals surface area contributed by atoms with Crippen LogP contribution in [0.1, 0.15) is 52.3 Å². The van der Waals surface area contributed by atoms with Gasteiger partial charge in [0, 0.05) is 19.3 Å². The maximum Gasteiger partial charge on any atom is 0.276 e. The summed E-state index contributed by atoms with van der Waals surface area (Å²) in [5.74, 6) is -0.123. The Hall–Kier alpha value is -2.96. The molecule has 1 N–H and O–H groups in total. The highest BCUT2D eigenvalue weighted by Crippen LogP contribution is 2.23. The van der Waals surface area contributed by atoms with E-state index in [2.05, 4.69) is 32.6 Å². The van der Waals surface area contributed by atoms with Crippen LogP contribution in [0.5, 0.6) is 0 Å². The molecule has 146 valence electrons. The Morgan fingerprint density at radius 3 is 2.89 bits per heavy atom. The molecular formula is C21H26N6O. The second-order valence-electron chi connectivity index (χ2n) is 7.45. The van der Waals surface area contributed by atoms with Gasteiger partial charge >= 0.3 is 0 Å². The van der Waals surface area contributed by atoms with Crippen molar-refractivity contribution in [2.24, 2.45) is 0 Å². The average molecular weight is 378 g/mol. The molecule has 1 amide bonds. The van der Waals surface area contributed by atoms with Gasteiger partial charge in [-0.25, -0.2) is 0 Å². The van der Waals surface area contributed by atoms with Crippen molar-refractivity contribution in [1.29, 1.82) is 0 Å². The van der Waals surface area contributed by atoms with Crippen LogP contribution in [0, 0.1) is 0 Å². The predicted molar refractivity (Wildman–Crippen MR) is 106 cm³/mol. The Balaban J connectivity index is 1.32. The number of H-pyrrole nitrogens is 1. The van der Waals surface area contributed by atoms with E-state index < -0.39 is 0 Å². The quantitative estimate of drug-likeness (QED) is 0.686. The van der Waals surface area contributed by atoms with E-state index in [1.165, 1.54) is 29.7 Å². The van der Waals surface area contributed by atoms with E-state index in [1.807, 2.05) is 18.2 Å². The van der Waals surface area contributed by atoms with Crippen molar-refractivity contribution in [3.8, 4) is 0 Å². The molecule has 0 atom stereocenters. The summed E-state index contributed by atoms with van der Waals surface area (Å²) in [6.07, 6.45) is 8.16. The molecule has 0 unspecified atom stereocenters. The van der Waals surface area contributed by atoms with E-state index in [4.69, 9.17) is 0 Å². The van der Waals surface area contributed by atoms with Crippen LogP contribution in [-0.4, -0.2) is 43.0 Å².